The predicted molar refractivity (Wildman–Crippen MR) is 78.8 cm³/mol. The van der Waals surface area contributed by atoms with Gasteiger partial charge in [-0.3, -0.25) is 9.69 Å². The highest BCUT2D eigenvalue weighted by Gasteiger charge is 2.22. The fourth-order valence-corrected chi connectivity index (χ4v) is 2.48. The quantitative estimate of drug-likeness (QED) is 0.778. The van der Waals surface area contributed by atoms with Gasteiger partial charge in [0.1, 0.15) is 0 Å². The first-order valence-corrected chi connectivity index (χ1v) is 7.00. The van der Waals surface area contributed by atoms with E-state index in [0.717, 1.165) is 25.2 Å². The number of ketones is 1. The van der Waals surface area contributed by atoms with Gasteiger partial charge in [-0.2, -0.15) is 0 Å². The fourth-order valence-electron chi connectivity index (χ4n) is 2.48. The average molecular weight is 260 g/mol. The number of nitrogens with zero attached hydrogens (tertiary/aromatic N) is 2. The van der Waals surface area contributed by atoms with Crippen LogP contribution in [-0.2, 0) is 0 Å². The third-order valence-corrected chi connectivity index (χ3v) is 4.24. The molecule has 0 aliphatic carbocycles. The number of carbonyl (C=O) groups excluding carboxylic acids is 1. The van der Waals surface area contributed by atoms with Crippen molar-refractivity contribution >= 4 is 5.78 Å². The van der Waals surface area contributed by atoms with Crippen molar-refractivity contribution in [1.82, 2.24) is 9.80 Å². The highest BCUT2D eigenvalue weighted by atomic mass is 16.1. The minimum absolute atomic E-state index is 0.236. The van der Waals surface area contributed by atoms with Gasteiger partial charge in [-0.1, -0.05) is 12.1 Å². The summed E-state index contributed by atoms with van der Waals surface area (Å²) in [7, 11) is 2.15. The Bertz CT molecular complexity index is 470. The molecule has 0 bridgehead atoms. The third-order valence-electron chi connectivity index (χ3n) is 4.24. The minimum atomic E-state index is 0.236. The van der Waals surface area contributed by atoms with E-state index in [9.17, 15) is 4.79 Å². The number of rotatable bonds is 3. The summed E-state index contributed by atoms with van der Waals surface area (Å²) in [5, 5.41) is 0. The smallest absolute Gasteiger partial charge is 0.176 e. The molecule has 2 rings (SSSR count). The van der Waals surface area contributed by atoms with Crippen LogP contribution in [0.15, 0.2) is 18.2 Å². The lowest BCUT2D eigenvalue weighted by Crippen LogP contribution is -2.51. The Balaban J connectivity index is 1.99. The molecule has 0 spiro atoms. The van der Waals surface area contributed by atoms with Crippen LogP contribution in [0.1, 0.15) is 28.4 Å². The van der Waals surface area contributed by atoms with Crippen molar-refractivity contribution < 1.29 is 4.79 Å². The third kappa shape index (κ3) is 3.43. The van der Waals surface area contributed by atoms with Crippen LogP contribution in [0.2, 0.25) is 0 Å². The van der Waals surface area contributed by atoms with Gasteiger partial charge in [-0.25, -0.2) is 0 Å². The Morgan fingerprint density at radius 3 is 2.63 bits per heavy atom. The Kier molecular flexibility index (Phi) is 4.38. The van der Waals surface area contributed by atoms with Crippen LogP contribution in [0, 0.1) is 13.8 Å². The average Bonchev–Trinajstić information content (AvgIpc) is 2.37. The molecule has 1 aliphatic rings. The molecule has 1 aromatic rings. The molecule has 1 fully saturated rings. The zero-order valence-electron chi connectivity index (χ0n) is 12.4. The van der Waals surface area contributed by atoms with Gasteiger partial charge in [0.05, 0.1) is 6.54 Å². The van der Waals surface area contributed by atoms with Crippen molar-refractivity contribution in [2.75, 3.05) is 33.2 Å². The van der Waals surface area contributed by atoms with Crippen LogP contribution in [0.25, 0.3) is 0 Å². The van der Waals surface area contributed by atoms with Gasteiger partial charge in [0, 0.05) is 31.2 Å². The van der Waals surface area contributed by atoms with Crippen LogP contribution in [0.3, 0.4) is 0 Å². The molecule has 1 heterocycles. The van der Waals surface area contributed by atoms with E-state index in [1.54, 1.807) is 0 Å². The lowest BCUT2D eigenvalue weighted by molar-refractivity contribution is 0.0786. The largest absolute Gasteiger partial charge is 0.301 e. The van der Waals surface area contributed by atoms with Gasteiger partial charge in [0.25, 0.3) is 0 Å². The molecule has 1 aromatic carbocycles. The maximum atomic E-state index is 12.3. The summed E-state index contributed by atoms with van der Waals surface area (Å²) in [6, 6.07) is 6.53. The SMILES string of the molecule is Cc1ccc(C(=O)CN2CCN(C)C(C)C2)cc1C. The first kappa shape index (κ1) is 14.2. The monoisotopic (exact) mass is 260 g/mol. The van der Waals surface area contributed by atoms with Gasteiger partial charge in [-0.05, 0) is 45.0 Å². The summed E-state index contributed by atoms with van der Waals surface area (Å²) in [6.07, 6.45) is 0. The highest BCUT2D eigenvalue weighted by molar-refractivity contribution is 5.97. The molecule has 1 aliphatic heterocycles. The number of Topliss-reactive ketones (excluding diaryl/α,β-unsaturated/α-hetero) is 1. The van der Waals surface area contributed by atoms with Crippen molar-refractivity contribution in [1.29, 1.82) is 0 Å². The van der Waals surface area contributed by atoms with E-state index in [4.69, 9.17) is 0 Å². The van der Waals surface area contributed by atoms with E-state index < -0.39 is 0 Å². The molecule has 1 unspecified atom stereocenters. The Labute approximate surface area is 116 Å². The first-order valence-electron chi connectivity index (χ1n) is 7.00. The zero-order valence-corrected chi connectivity index (χ0v) is 12.4. The maximum Gasteiger partial charge on any atom is 0.176 e. The van der Waals surface area contributed by atoms with Crippen LogP contribution in [0.4, 0.5) is 0 Å². The summed E-state index contributed by atoms with van der Waals surface area (Å²) in [5.41, 5.74) is 3.28. The molecular formula is C16H24N2O. The van der Waals surface area contributed by atoms with E-state index in [1.165, 1.54) is 11.1 Å². The van der Waals surface area contributed by atoms with Gasteiger partial charge in [-0.15, -0.1) is 0 Å². The number of aryl methyl sites for hydroxylation is 2. The molecule has 1 saturated heterocycles. The lowest BCUT2D eigenvalue weighted by Gasteiger charge is -2.37. The Morgan fingerprint density at radius 1 is 1.26 bits per heavy atom. The second kappa shape index (κ2) is 5.85. The van der Waals surface area contributed by atoms with Crippen LogP contribution in [0.5, 0.6) is 0 Å². The number of piperazine rings is 1. The van der Waals surface area contributed by atoms with Gasteiger partial charge >= 0.3 is 0 Å². The molecule has 19 heavy (non-hydrogen) atoms. The predicted octanol–water partition coefficient (Wildman–Crippen LogP) is 2.12. The van der Waals surface area contributed by atoms with Gasteiger partial charge in [0.15, 0.2) is 5.78 Å². The molecule has 0 N–H and O–H groups in total. The second-order valence-electron chi connectivity index (χ2n) is 5.79. The topological polar surface area (TPSA) is 23.6 Å². The number of benzene rings is 1. The number of carbonyl (C=O) groups is 1. The molecule has 1 atom stereocenters. The molecule has 0 radical (unpaired) electrons. The Hall–Kier alpha value is -1.19. The molecule has 0 saturated carbocycles. The van der Waals surface area contributed by atoms with Crippen molar-refractivity contribution in [2.45, 2.75) is 26.8 Å². The molecular weight excluding hydrogens is 236 g/mol. The van der Waals surface area contributed by atoms with E-state index in [0.29, 0.717) is 12.6 Å². The molecule has 3 heteroatoms. The highest BCUT2D eigenvalue weighted by Crippen LogP contribution is 2.12. The number of hydrogen-bond donors (Lipinski definition) is 0. The summed E-state index contributed by atoms with van der Waals surface area (Å²) >= 11 is 0. The standard InChI is InChI=1S/C16H24N2O/c1-12-5-6-15(9-13(12)2)16(19)11-18-8-7-17(4)14(3)10-18/h5-6,9,14H,7-8,10-11H2,1-4H3. The first-order chi connectivity index (χ1) is 8.97. The number of hydrogen-bond acceptors (Lipinski definition) is 3. The van der Waals surface area contributed by atoms with Crippen molar-refractivity contribution in [3.63, 3.8) is 0 Å². The summed E-state index contributed by atoms with van der Waals surface area (Å²) in [6.45, 7) is 9.90. The Morgan fingerprint density at radius 2 is 2.00 bits per heavy atom. The number of likely N-dealkylation sites (N-methyl/N-ethyl adjacent to an activating group) is 1. The minimum Gasteiger partial charge on any atom is -0.301 e. The van der Waals surface area contributed by atoms with Crippen LogP contribution >= 0.6 is 0 Å². The molecule has 104 valence electrons. The van der Waals surface area contributed by atoms with E-state index in [2.05, 4.69) is 37.6 Å². The van der Waals surface area contributed by atoms with E-state index in [-0.39, 0.29) is 5.78 Å². The maximum absolute atomic E-state index is 12.3. The van der Waals surface area contributed by atoms with Gasteiger partial charge in [0.2, 0.25) is 0 Å². The van der Waals surface area contributed by atoms with Gasteiger partial charge < -0.3 is 4.90 Å². The lowest BCUT2D eigenvalue weighted by atomic mass is 10.0. The van der Waals surface area contributed by atoms with E-state index in [1.807, 2.05) is 18.2 Å². The molecule has 0 aromatic heterocycles. The summed E-state index contributed by atoms with van der Waals surface area (Å²) in [4.78, 5) is 16.9. The van der Waals surface area contributed by atoms with Crippen molar-refractivity contribution in [2.24, 2.45) is 0 Å². The molecule has 3 nitrogen and oxygen atoms in total. The molecule has 0 amide bonds. The fraction of sp³-hybridized carbons (Fsp3) is 0.562. The van der Waals surface area contributed by atoms with E-state index >= 15 is 0 Å². The summed E-state index contributed by atoms with van der Waals surface area (Å²) < 4.78 is 0. The van der Waals surface area contributed by atoms with Crippen LogP contribution in [-0.4, -0.2) is 54.9 Å². The summed E-state index contributed by atoms with van der Waals surface area (Å²) in [5.74, 6) is 0.236. The normalized spacial score (nSPS) is 21.6. The van der Waals surface area contributed by atoms with Crippen molar-refractivity contribution in [3.8, 4) is 0 Å². The zero-order chi connectivity index (χ0) is 14.0. The second-order valence-corrected chi connectivity index (χ2v) is 5.79. The van der Waals surface area contributed by atoms with Crippen LogP contribution < -0.4 is 0 Å². The van der Waals surface area contributed by atoms with Crippen molar-refractivity contribution in [3.05, 3.63) is 34.9 Å².